The van der Waals surface area contributed by atoms with E-state index in [0.29, 0.717) is 21.7 Å². The third-order valence-electron chi connectivity index (χ3n) is 2.77. The first kappa shape index (κ1) is 13.1. The maximum atomic E-state index is 13.8. The number of nitrogens with two attached hydrogens (primary N) is 1. The Labute approximate surface area is 123 Å². The number of nitrogens with one attached hydrogen (secondary N) is 1. The van der Waals surface area contributed by atoms with E-state index in [0.717, 1.165) is 15.9 Å². The number of rotatable bonds is 2. The average molecular weight is 309 g/mol. The normalized spacial score (nSPS) is 10.9. The topological polar surface area (TPSA) is 63.8 Å². The molecule has 3 aromatic rings. The minimum Gasteiger partial charge on any atom is -0.375 e. The Kier molecular flexibility index (Phi) is 3.19. The van der Waals surface area contributed by atoms with Crippen molar-refractivity contribution in [2.24, 2.45) is 0 Å². The van der Waals surface area contributed by atoms with E-state index in [1.54, 1.807) is 18.2 Å². The van der Waals surface area contributed by atoms with Gasteiger partial charge in [0.25, 0.3) is 0 Å². The van der Waals surface area contributed by atoms with Crippen molar-refractivity contribution in [3.8, 4) is 0 Å². The molecular weight excluding hydrogens is 299 g/mol. The van der Waals surface area contributed by atoms with Gasteiger partial charge in [0.05, 0.1) is 5.69 Å². The number of aryl methyl sites for hydroxylation is 1. The van der Waals surface area contributed by atoms with Crippen LogP contribution in [0.5, 0.6) is 0 Å². The Morgan fingerprint density at radius 3 is 2.85 bits per heavy atom. The summed E-state index contributed by atoms with van der Waals surface area (Å²) in [6.07, 6.45) is 0. The first-order valence-corrected chi connectivity index (χ1v) is 6.98. The molecule has 102 valence electrons. The number of anilines is 3. The van der Waals surface area contributed by atoms with Gasteiger partial charge < -0.3 is 11.1 Å². The van der Waals surface area contributed by atoms with Crippen LogP contribution in [0, 0.1) is 12.7 Å². The SMILES string of the molecule is Cc1cc(Nc2ccc(Cl)cc2F)nc2sc(N)nc12. The molecule has 0 saturated carbocycles. The van der Waals surface area contributed by atoms with Crippen LogP contribution in [0.4, 0.5) is 21.0 Å². The van der Waals surface area contributed by atoms with Crippen LogP contribution >= 0.6 is 22.9 Å². The highest BCUT2D eigenvalue weighted by molar-refractivity contribution is 7.21. The summed E-state index contributed by atoms with van der Waals surface area (Å²) in [7, 11) is 0. The molecule has 3 rings (SSSR count). The molecule has 0 aliphatic rings. The molecule has 0 aliphatic carbocycles. The lowest BCUT2D eigenvalue weighted by Crippen LogP contribution is -1.97. The van der Waals surface area contributed by atoms with Gasteiger partial charge in [0.15, 0.2) is 5.13 Å². The third-order valence-corrected chi connectivity index (χ3v) is 3.78. The van der Waals surface area contributed by atoms with Crippen LogP contribution in [0.25, 0.3) is 10.3 Å². The van der Waals surface area contributed by atoms with E-state index in [1.807, 2.05) is 6.92 Å². The molecule has 0 spiro atoms. The lowest BCUT2D eigenvalue weighted by atomic mass is 10.2. The van der Waals surface area contributed by atoms with Crippen molar-refractivity contribution in [2.45, 2.75) is 6.92 Å². The molecule has 2 aromatic heterocycles. The Bertz CT molecular complexity index is 802. The Balaban J connectivity index is 2.02. The van der Waals surface area contributed by atoms with Gasteiger partial charge >= 0.3 is 0 Å². The molecule has 7 heteroatoms. The van der Waals surface area contributed by atoms with E-state index < -0.39 is 5.82 Å². The van der Waals surface area contributed by atoms with Crippen molar-refractivity contribution in [3.63, 3.8) is 0 Å². The van der Waals surface area contributed by atoms with Gasteiger partial charge in [-0.3, -0.25) is 0 Å². The fraction of sp³-hybridized carbons (Fsp3) is 0.0769. The molecule has 0 saturated heterocycles. The smallest absolute Gasteiger partial charge is 0.182 e. The molecule has 20 heavy (non-hydrogen) atoms. The van der Waals surface area contributed by atoms with E-state index in [-0.39, 0.29) is 0 Å². The molecular formula is C13H10ClFN4S. The van der Waals surface area contributed by atoms with Gasteiger partial charge in [0.2, 0.25) is 0 Å². The van der Waals surface area contributed by atoms with Gasteiger partial charge in [-0.25, -0.2) is 14.4 Å². The van der Waals surface area contributed by atoms with Crippen molar-refractivity contribution in [3.05, 3.63) is 40.7 Å². The number of hydrogen-bond donors (Lipinski definition) is 2. The van der Waals surface area contributed by atoms with Crippen molar-refractivity contribution in [1.29, 1.82) is 0 Å². The number of thiazole rings is 1. The maximum Gasteiger partial charge on any atom is 0.182 e. The molecule has 3 N–H and O–H groups in total. The number of benzene rings is 1. The second-order valence-electron chi connectivity index (χ2n) is 4.28. The molecule has 0 radical (unpaired) electrons. The summed E-state index contributed by atoms with van der Waals surface area (Å²) in [6, 6.07) is 6.23. The minimum atomic E-state index is -0.430. The third kappa shape index (κ3) is 2.39. The monoisotopic (exact) mass is 308 g/mol. The number of halogens is 2. The highest BCUT2D eigenvalue weighted by atomic mass is 35.5. The number of nitrogens with zero attached hydrogens (tertiary/aromatic N) is 2. The zero-order valence-corrected chi connectivity index (χ0v) is 12.0. The number of nitrogen functional groups attached to an aromatic ring is 1. The standard InChI is InChI=1S/C13H10ClFN4S/c1-6-4-10(18-12-11(6)19-13(16)20-12)17-9-3-2-7(14)5-8(9)15/h2-5H,1H3,(H2,16,19)(H,17,18). The van der Waals surface area contributed by atoms with Crippen LogP contribution in [-0.2, 0) is 0 Å². The number of aromatic nitrogens is 2. The van der Waals surface area contributed by atoms with Crippen LogP contribution in [0.3, 0.4) is 0 Å². The lowest BCUT2D eigenvalue weighted by molar-refractivity contribution is 0.632. The second-order valence-corrected chi connectivity index (χ2v) is 5.72. The molecule has 1 aromatic carbocycles. The molecule has 4 nitrogen and oxygen atoms in total. The van der Waals surface area contributed by atoms with Crippen LogP contribution in [0.1, 0.15) is 5.56 Å². The molecule has 0 fully saturated rings. The Morgan fingerprint density at radius 1 is 1.30 bits per heavy atom. The predicted octanol–water partition coefficient (Wildman–Crippen LogP) is 4.12. The van der Waals surface area contributed by atoms with Gasteiger partial charge in [-0.15, -0.1) is 0 Å². The van der Waals surface area contributed by atoms with Gasteiger partial charge in [-0.05, 0) is 36.8 Å². The zero-order valence-electron chi connectivity index (χ0n) is 10.4. The largest absolute Gasteiger partial charge is 0.375 e. The van der Waals surface area contributed by atoms with Gasteiger partial charge in [-0.2, -0.15) is 0 Å². The Hall–Kier alpha value is -1.92. The fourth-order valence-electron chi connectivity index (χ4n) is 1.87. The van der Waals surface area contributed by atoms with E-state index in [2.05, 4.69) is 15.3 Å². The highest BCUT2D eigenvalue weighted by Crippen LogP contribution is 2.28. The lowest BCUT2D eigenvalue weighted by Gasteiger charge is -2.08. The summed E-state index contributed by atoms with van der Waals surface area (Å²) < 4.78 is 13.8. The summed E-state index contributed by atoms with van der Waals surface area (Å²) in [5.41, 5.74) is 7.70. The first-order chi connectivity index (χ1) is 9.52. The van der Waals surface area contributed by atoms with Crippen LogP contribution < -0.4 is 11.1 Å². The Morgan fingerprint density at radius 2 is 2.10 bits per heavy atom. The fourth-order valence-corrected chi connectivity index (χ4v) is 2.81. The maximum absolute atomic E-state index is 13.8. The first-order valence-electron chi connectivity index (χ1n) is 5.78. The van der Waals surface area contributed by atoms with E-state index in [9.17, 15) is 4.39 Å². The van der Waals surface area contributed by atoms with E-state index >= 15 is 0 Å². The summed E-state index contributed by atoms with van der Waals surface area (Å²) in [4.78, 5) is 9.31. The highest BCUT2D eigenvalue weighted by Gasteiger charge is 2.09. The minimum absolute atomic E-state index is 0.318. The van der Waals surface area contributed by atoms with Crippen molar-refractivity contribution >= 4 is 49.9 Å². The van der Waals surface area contributed by atoms with Gasteiger partial charge in [0, 0.05) is 5.02 Å². The van der Waals surface area contributed by atoms with Gasteiger partial charge in [0.1, 0.15) is 22.0 Å². The van der Waals surface area contributed by atoms with E-state index in [1.165, 1.54) is 17.4 Å². The predicted molar refractivity (Wildman–Crippen MR) is 81.3 cm³/mol. The quantitative estimate of drug-likeness (QED) is 0.747. The number of fused-ring (bicyclic) bond motifs is 1. The molecule has 0 amide bonds. The summed E-state index contributed by atoms with van der Waals surface area (Å²) in [5.74, 6) is 0.112. The summed E-state index contributed by atoms with van der Waals surface area (Å²) in [5, 5.41) is 3.75. The molecule has 0 unspecified atom stereocenters. The molecule has 0 atom stereocenters. The summed E-state index contributed by atoms with van der Waals surface area (Å²) in [6.45, 7) is 1.91. The molecule has 0 aliphatic heterocycles. The van der Waals surface area contributed by atoms with Crippen molar-refractivity contribution in [2.75, 3.05) is 11.1 Å². The summed E-state index contributed by atoms with van der Waals surface area (Å²) >= 11 is 7.02. The van der Waals surface area contributed by atoms with E-state index in [4.69, 9.17) is 17.3 Å². The molecule has 0 bridgehead atoms. The van der Waals surface area contributed by atoms with Crippen molar-refractivity contribution < 1.29 is 4.39 Å². The van der Waals surface area contributed by atoms with Gasteiger partial charge in [-0.1, -0.05) is 22.9 Å². The van der Waals surface area contributed by atoms with Crippen LogP contribution in [-0.4, -0.2) is 9.97 Å². The number of pyridine rings is 1. The van der Waals surface area contributed by atoms with Crippen molar-refractivity contribution in [1.82, 2.24) is 9.97 Å². The molecule has 2 heterocycles. The van der Waals surface area contributed by atoms with Crippen LogP contribution in [0.2, 0.25) is 5.02 Å². The zero-order chi connectivity index (χ0) is 14.3. The average Bonchev–Trinajstić information content (AvgIpc) is 2.74. The van der Waals surface area contributed by atoms with Crippen LogP contribution in [0.15, 0.2) is 24.3 Å². The second kappa shape index (κ2) is 4.88. The number of hydrogen-bond acceptors (Lipinski definition) is 5.